The van der Waals surface area contributed by atoms with Crippen LogP contribution in [0.4, 0.5) is 0 Å². The van der Waals surface area contributed by atoms with E-state index in [4.69, 9.17) is 4.74 Å². The van der Waals surface area contributed by atoms with Crippen molar-refractivity contribution < 1.29 is 14.9 Å². The van der Waals surface area contributed by atoms with Crippen molar-refractivity contribution in [3.8, 4) is 0 Å². The Morgan fingerprint density at radius 3 is 2.37 bits per heavy atom. The van der Waals surface area contributed by atoms with Crippen LogP contribution in [0.15, 0.2) is 0 Å². The summed E-state index contributed by atoms with van der Waals surface area (Å²) in [5, 5.41) is 20.1. The van der Waals surface area contributed by atoms with E-state index in [0.717, 1.165) is 43.1 Å². The number of fused-ring (bicyclic) bond motifs is 5. The SMILES string of the molecule is CC(C)(O)COCC1CCC2C3CCC4CC(O)CCC4(C)C3CCC12C. The number of hydrogen-bond acceptors (Lipinski definition) is 3. The lowest BCUT2D eigenvalue weighted by Crippen LogP contribution is -2.54. The summed E-state index contributed by atoms with van der Waals surface area (Å²) in [5.74, 6) is 4.03. The standard InChI is InChI=1S/C24H42O3/c1-22(2,26)15-27-14-17-6-8-20-19-7-5-16-13-18(25)9-11-23(16,3)21(19)10-12-24(17,20)4/h16-21,25-26H,5-15H2,1-4H3. The first-order valence-corrected chi connectivity index (χ1v) is 11.6. The van der Waals surface area contributed by atoms with Crippen LogP contribution in [-0.2, 0) is 4.74 Å². The van der Waals surface area contributed by atoms with Gasteiger partial charge in [-0.25, -0.2) is 0 Å². The summed E-state index contributed by atoms with van der Waals surface area (Å²) >= 11 is 0. The van der Waals surface area contributed by atoms with Gasteiger partial charge in [0.1, 0.15) is 0 Å². The maximum absolute atomic E-state index is 10.2. The lowest BCUT2D eigenvalue weighted by Gasteiger charge is -2.61. The average Bonchev–Trinajstić information content (AvgIpc) is 2.91. The Bertz CT molecular complexity index is 540. The first kappa shape index (κ1) is 20.2. The topological polar surface area (TPSA) is 49.7 Å². The molecule has 0 radical (unpaired) electrons. The molecule has 0 spiro atoms. The minimum Gasteiger partial charge on any atom is -0.393 e. The number of ether oxygens (including phenoxy) is 1. The highest BCUT2D eigenvalue weighted by molar-refractivity contribution is 5.09. The van der Waals surface area contributed by atoms with E-state index >= 15 is 0 Å². The molecule has 4 aliphatic rings. The zero-order valence-electron chi connectivity index (χ0n) is 18.0. The number of aliphatic hydroxyl groups is 2. The number of aliphatic hydroxyl groups excluding tert-OH is 1. The first-order chi connectivity index (χ1) is 12.6. The van der Waals surface area contributed by atoms with Crippen LogP contribution >= 0.6 is 0 Å². The van der Waals surface area contributed by atoms with E-state index in [1.54, 1.807) is 0 Å². The van der Waals surface area contributed by atoms with Gasteiger partial charge in [-0.2, -0.15) is 0 Å². The largest absolute Gasteiger partial charge is 0.393 e. The first-order valence-electron chi connectivity index (χ1n) is 11.6. The van der Waals surface area contributed by atoms with Crippen molar-refractivity contribution in [2.24, 2.45) is 40.4 Å². The fraction of sp³-hybridized carbons (Fsp3) is 1.00. The van der Waals surface area contributed by atoms with Gasteiger partial charge < -0.3 is 14.9 Å². The minimum absolute atomic E-state index is 0.0442. The van der Waals surface area contributed by atoms with Gasteiger partial charge in [-0.1, -0.05) is 13.8 Å². The molecule has 8 atom stereocenters. The second kappa shape index (κ2) is 6.99. The molecule has 0 aromatic rings. The fourth-order valence-corrected chi connectivity index (χ4v) is 8.07. The molecule has 0 saturated heterocycles. The van der Waals surface area contributed by atoms with Crippen molar-refractivity contribution in [3.63, 3.8) is 0 Å². The lowest BCUT2D eigenvalue weighted by atomic mass is 9.44. The predicted molar refractivity (Wildman–Crippen MR) is 108 cm³/mol. The van der Waals surface area contributed by atoms with E-state index in [0.29, 0.717) is 23.4 Å². The van der Waals surface area contributed by atoms with Crippen LogP contribution in [0.1, 0.15) is 85.5 Å². The van der Waals surface area contributed by atoms with Gasteiger partial charge in [0.05, 0.1) is 24.9 Å². The van der Waals surface area contributed by atoms with Gasteiger partial charge in [-0.05, 0) is 112 Å². The molecular formula is C24H42O3. The fourth-order valence-electron chi connectivity index (χ4n) is 8.07. The minimum atomic E-state index is -0.727. The molecule has 3 heteroatoms. The zero-order chi connectivity index (χ0) is 19.4. The Labute approximate surface area is 166 Å². The van der Waals surface area contributed by atoms with Crippen molar-refractivity contribution in [1.29, 1.82) is 0 Å². The molecule has 4 aliphatic carbocycles. The summed E-state index contributed by atoms with van der Waals surface area (Å²) in [6.45, 7) is 10.0. The molecule has 27 heavy (non-hydrogen) atoms. The van der Waals surface area contributed by atoms with E-state index in [9.17, 15) is 10.2 Å². The molecule has 0 heterocycles. The second-order valence-corrected chi connectivity index (χ2v) is 11.7. The second-order valence-electron chi connectivity index (χ2n) is 11.7. The Morgan fingerprint density at radius 2 is 1.63 bits per heavy atom. The summed E-state index contributed by atoms with van der Waals surface area (Å²) < 4.78 is 5.97. The maximum Gasteiger partial charge on any atom is 0.0824 e. The van der Waals surface area contributed by atoms with Gasteiger partial charge in [0.25, 0.3) is 0 Å². The monoisotopic (exact) mass is 378 g/mol. The van der Waals surface area contributed by atoms with Crippen LogP contribution in [-0.4, -0.2) is 35.1 Å². The smallest absolute Gasteiger partial charge is 0.0824 e. The Balaban J connectivity index is 1.46. The number of hydrogen-bond donors (Lipinski definition) is 2. The summed E-state index contributed by atoms with van der Waals surface area (Å²) in [6, 6.07) is 0. The van der Waals surface area contributed by atoms with E-state index in [2.05, 4.69) is 13.8 Å². The molecule has 3 nitrogen and oxygen atoms in total. The van der Waals surface area contributed by atoms with Gasteiger partial charge in [-0.3, -0.25) is 0 Å². The van der Waals surface area contributed by atoms with Crippen LogP contribution in [0.2, 0.25) is 0 Å². The molecule has 0 aromatic heterocycles. The van der Waals surface area contributed by atoms with Crippen LogP contribution in [0, 0.1) is 40.4 Å². The Morgan fingerprint density at radius 1 is 0.926 bits per heavy atom. The normalized spacial score (nSPS) is 50.0. The van der Waals surface area contributed by atoms with Crippen molar-refractivity contribution in [1.82, 2.24) is 0 Å². The van der Waals surface area contributed by atoms with E-state index < -0.39 is 5.60 Å². The Kier molecular flexibility index (Phi) is 5.22. The molecule has 156 valence electrons. The molecule has 0 amide bonds. The highest BCUT2D eigenvalue weighted by Crippen LogP contribution is 2.67. The molecular weight excluding hydrogens is 336 g/mol. The molecule has 4 fully saturated rings. The van der Waals surface area contributed by atoms with Crippen LogP contribution in [0.5, 0.6) is 0 Å². The van der Waals surface area contributed by atoms with E-state index in [1.807, 2.05) is 13.8 Å². The van der Waals surface area contributed by atoms with Gasteiger partial charge in [0, 0.05) is 0 Å². The molecule has 2 N–H and O–H groups in total. The molecule has 8 unspecified atom stereocenters. The third kappa shape index (κ3) is 3.51. The van der Waals surface area contributed by atoms with E-state index in [1.165, 1.54) is 44.9 Å². The third-order valence-electron chi connectivity index (χ3n) is 9.61. The van der Waals surface area contributed by atoms with Crippen LogP contribution in [0.3, 0.4) is 0 Å². The van der Waals surface area contributed by atoms with Gasteiger partial charge in [0.15, 0.2) is 0 Å². The molecule has 4 rings (SSSR count). The zero-order valence-corrected chi connectivity index (χ0v) is 18.0. The average molecular weight is 379 g/mol. The molecule has 4 saturated carbocycles. The number of rotatable bonds is 4. The quantitative estimate of drug-likeness (QED) is 0.739. The van der Waals surface area contributed by atoms with Gasteiger partial charge in [-0.15, -0.1) is 0 Å². The van der Waals surface area contributed by atoms with Crippen molar-refractivity contribution >= 4 is 0 Å². The van der Waals surface area contributed by atoms with Crippen LogP contribution in [0.25, 0.3) is 0 Å². The summed E-state index contributed by atoms with van der Waals surface area (Å²) in [4.78, 5) is 0. The lowest BCUT2D eigenvalue weighted by molar-refractivity contribution is -0.131. The van der Waals surface area contributed by atoms with Gasteiger partial charge in [0.2, 0.25) is 0 Å². The molecule has 0 aliphatic heterocycles. The highest BCUT2D eigenvalue weighted by Gasteiger charge is 2.60. The van der Waals surface area contributed by atoms with E-state index in [-0.39, 0.29) is 6.10 Å². The molecule has 0 aromatic carbocycles. The Hall–Kier alpha value is -0.120. The third-order valence-corrected chi connectivity index (χ3v) is 9.61. The van der Waals surface area contributed by atoms with Crippen molar-refractivity contribution in [2.45, 2.75) is 97.2 Å². The van der Waals surface area contributed by atoms with Crippen LogP contribution < -0.4 is 0 Å². The van der Waals surface area contributed by atoms with Crippen molar-refractivity contribution in [2.75, 3.05) is 13.2 Å². The predicted octanol–water partition coefficient (Wildman–Crippen LogP) is 4.79. The molecule has 0 bridgehead atoms. The summed E-state index contributed by atoms with van der Waals surface area (Å²) in [7, 11) is 0. The maximum atomic E-state index is 10.2. The van der Waals surface area contributed by atoms with Gasteiger partial charge >= 0.3 is 0 Å². The summed E-state index contributed by atoms with van der Waals surface area (Å²) in [6.07, 6.45) is 11.4. The summed E-state index contributed by atoms with van der Waals surface area (Å²) in [5.41, 5.74) is 0.173. The van der Waals surface area contributed by atoms with Crippen molar-refractivity contribution in [3.05, 3.63) is 0 Å². The highest BCUT2D eigenvalue weighted by atomic mass is 16.5.